The van der Waals surface area contributed by atoms with Crippen LogP contribution >= 0.6 is 0 Å². The molecule has 0 saturated carbocycles. The minimum atomic E-state index is -0.828. The van der Waals surface area contributed by atoms with E-state index in [1.54, 1.807) is 4.90 Å². The van der Waals surface area contributed by atoms with Gasteiger partial charge in [-0.05, 0) is 26.0 Å². The zero-order valence-electron chi connectivity index (χ0n) is 11.9. The minimum Gasteiger partial charge on any atom is -0.481 e. The van der Waals surface area contributed by atoms with Crippen LogP contribution in [-0.4, -0.2) is 47.6 Å². The number of amides is 1. The molecule has 5 heteroatoms. The van der Waals surface area contributed by atoms with Crippen LogP contribution in [0.2, 0.25) is 0 Å². The average Bonchev–Trinajstić information content (AvgIpc) is 2.40. The molecule has 1 N–H and O–H groups in total. The van der Waals surface area contributed by atoms with Gasteiger partial charge in [-0.25, -0.2) is 0 Å². The maximum Gasteiger partial charge on any atom is 0.304 e. The number of hydrogen-bond acceptors (Lipinski definition) is 3. The Hall–Kier alpha value is -1.88. The van der Waals surface area contributed by atoms with Gasteiger partial charge in [-0.1, -0.05) is 17.7 Å². The molecule has 20 heavy (non-hydrogen) atoms. The lowest BCUT2D eigenvalue weighted by molar-refractivity contribution is -0.138. The number of anilines is 1. The third-order valence-corrected chi connectivity index (χ3v) is 3.67. The lowest BCUT2D eigenvalue weighted by atomic mass is 10.1. The van der Waals surface area contributed by atoms with Crippen molar-refractivity contribution in [3.05, 3.63) is 29.8 Å². The van der Waals surface area contributed by atoms with Gasteiger partial charge in [0.05, 0.1) is 13.0 Å². The minimum absolute atomic E-state index is 0.0253. The van der Waals surface area contributed by atoms with Crippen LogP contribution in [0.4, 0.5) is 5.69 Å². The number of carbonyl (C=O) groups is 2. The molecule has 1 atom stereocenters. The van der Waals surface area contributed by atoms with Crippen molar-refractivity contribution in [1.82, 2.24) is 4.90 Å². The monoisotopic (exact) mass is 276 g/mol. The second-order valence-corrected chi connectivity index (χ2v) is 5.30. The second kappa shape index (κ2) is 6.05. The molecule has 1 heterocycles. The highest BCUT2D eigenvalue weighted by molar-refractivity contribution is 5.95. The SMILES string of the molecule is Cc1ccc(N2CC(C)N(CCC(=O)O)CC2=O)cc1. The van der Waals surface area contributed by atoms with Gasteiger partial charge in [-0.2, -0.15) is 0 Å². The van der Waals surface area contributed by atoms with Crippen molar-refractivity contribution < 1.29 is 14.7 Å². The number of carbonyl (C=O) groups excluding carboxylic acids is 1. The number of hydrogen-bond donors (Lipinski definition) is 1. The van der Waals surface area contributed by atoms with Crippen LogP contribution < -0.4 is 4.90 Å². The topological polar surface area (TPSA) is 60.9 Å². The molecule has 1 saturated heterocycles. The fourth-order valence-corrected chi connectivity index (χ4v) is 2.41. The van der Waals surface area contributed by atoms with E-state index >= 15 is 0 Å². The van der Waals surface area contributed by atoms with Gasteiger partial charge in [0.15, 0.2) is 0 Å². The smallest absolute Gasteiger partial charge is 0.304 e. The Kier molecular flexibility index (Phi) is 4.39. The number of rotatable bonds is 4. The summed E-state index contributed by atoms with van der Waals surface area (Å²) < 4.78 is 0. The summed E-state index contributed by atoms with van der Waals surface area (Å²) in [6.45, 7) is 5.33. The highest BCUT2D eigenvalue weighted by Gasteiger charge is 2.30. The van der Waals surface area contributed by atoms with Crippen molar-refractivity contribution in [3.8, 4) is 0 Å². The molecule has 1 aliphatic rings. The molecule has 1 unspecified atom stereocenters. The van der Waals surface area contributed by atoms with Crippen LogP contribution in [0.1, 0.15) is 18.9 Å². The van der Waals surface area contributed by atoms with Gasteiger partial charge in [0.1, 0.15) is 0 Å². The van der Waals surface area contributed by atoms with Gasteiger partial charge in [0.25, 0.3) is 0 Å². The molecule has 1 aromatic carbocycles. The lowest BCUT2D eigenvalue weighted by Gasteiger charge is -2.39. The normalized spacial score (nSPS) is 20.2. The Bertz CT molecular complexity index is 498. The van der Waals surface area contributed by atoms with E-state index in [4.69, 9.17) is 5.11 Å². The summed E-state index contributed by atoms with van der Waals surface area (Å²) >= 11 is 0. The number of benzene rings is 1. The molecule has 1 fully saturated rings. The first-order chi connectivity index (χ1) is 9.47. The highest BCUT2D eigenvalue weighted by atomic mass is 16.4. The quantitative estimate of drug-likeness (QED) is 0.905. The number of carboxylic acid groups (broad SMARTS) is 1. The molecule has 1 aliphatic heterocycles. The van der Waals surface area contributed by atoms with Crippen molar-refractivity contribution in [2.75, 3.05) is 24.5 Å². The summed E-state index contributed by atoms with van der Waals surface area (Å²) in [6.07, 6.45) is 0.0716. The van der Waals surface area contributed by atoms with Gasteiger partial charge < -0.3 is 10.0 Å². The predicted molar refractivity (Wildman–Crippen MR) is 76.8 cm³/mol. The van der Waals surface area contributed by atoms with E-state index in [9.17, 15) is 9.59 Å². The Balaban J connectivity index is 2.04. The summed E-state index contributed by atoms with van der Waals surface area (Å²) in [6, 6.07) is 8.04. The predicted octanol–water partition coefficient (Wildman–Crippen LogP) is 1.51. The molecule has 5 nitrogen and oxygen atoms in total. The van der Waals surface area contributed by atoms with Crippen LogP contribution in [0.15, 0.2) is 24.3 Å². The fourth-order valence-electron chi connectivity index (χ4n) is 2.41. The van der Waals surface area contributed by atoms with Crippen LogP contribution in [0.25, 0.3) is 0 Å². The van der Waals surface area contributed by atoms with Gasteiger partial charge in [-0.15, -0.1) is 0 Å². The Labute approximate surface area is 118 Å². The van der Waals surface area contributed by atoms with Gasteiger partial charge in [0.2, 0.25) is 5.91 Å². The Morgan fingerprint density at radius 3 is 2.60 bits per heavy atom. The van der Waals surface area contributed by atoms with E-state index in [0.717, 1.165) is 11.3 Å². The van der Waals surface area contributed by atoms with Crippen molar-refractivity contribution in [3.63, 3.8) is 0 Å². The van der Waals surface area contributed by atoms with Crippen LogP contribution in [-0.2, 0) is 9.59 Å². The van der Waals surface area contributed by atoms with E-state index in [2.05, 4.69) is 0 Å². The number of aliphatic carboxylic acids is 1. The van der Waals surface area contributed by atoms with E-state index in [0.29, 0.717) is 13.1 Å². The van der Waals surface area contributed by atoms with Crippen LogP contribution in [0.3, 0.4) is 0 Å². The molecule has 0 aliphatic carbocycles. The van der Waals surface area contributed by atoms with Gasteiger partial charge in [-0.3, -0.25) is 14.5 Å². The standard InChI is InChI=1S/C15H20N2O3/c1-11-3-5-13(6-4-11)17-9-12(2)16(10-14(17)18)8-7-15(19)20/h3-6,12H,7-10H2,1-2H3,(H,19,20). The van der Waals surface area contributed by atoms with Crippen molar-refractivity contribution in [1.29, 1.82) is 0 Å². The summed E-state index contributed by atoms with van der Waals surface area (Å²) in [5.74, 6) is -0.803. The fraction of sp³-hybridized carbons (Fsp3) is 0.467. The number of aryl methyl sites for hydroxylation is 1. The zero-order valence-corrected chi connectivity index (χ0v) is 11.9. The largest absolute Gasteiger partial charge is 0.481 e. The van der Waals surface area contributed by atoms with Crippen LogP contribution in [0.5, 0.6) is 0 Å². The lowest BCUT2D eigenvalue weighted by Crippen LogP contribution is -2.55. The van der Waals surface area contributed by atoms with E-state index < -0.39 is 5.97 Å². The molecule has 1 amide bonds. The first-order valence-corrected chi connectivity index (χ1v) is 6.80. The van der Waals surface area contributed by atoms with E-state index in [1.165, 1.54) is 0 Å². The summed E-state index contributed by atoms with van der Waals surface area (Å²) in [5.41, 5.74) is 2.07. The van der Waals surface area contributed by atoms with Crippen molar-refractivity contribution in [2.24, 2.45) is 0 Å². The number of carboxylic acids is 1. The Morgan fingerprint density at radius 2 is 2.00 bits per heavy atom. The third-order valence-electron chi connectivity index (χ3n) is 3.67. The van der Waals surface area contributed by atoms with Crippen molar-refractivity contribution in [2.45, 2.75) is 26.3 Å². The van der Waals surface area contributed by atoms with Crippen molar-refractivity contribution >= 4 is 17.6 Å². The highest BCUT2D eigenvalue weighted by Crippen LogP contribution is 2.20. The molecule has 108 valence electrons. The van der Waals surface area contributed by atoms with Crippen LogP contribution in [0, 0.1) is 6.92 Å². The molecule has 0 aromatic heterocycles. The average molecular weight is 276 g/mol. The third kappa shape index (κ3) is 3.36. The summed E-state index contributed by atoms with van der Waals surface area (Å²) in [4.78, 5) is 26.6. The van der Waals surface area contributed by atoms with E-state index in [1.807, 2.05) is 43.0 Å². The molecule has 2 rings (SSSR count). The molecular formula is C15H20N2O3. The zero-order chi connectivity index (χ0) is 14.7. The first kappa shape index (κ1) is 14.5. The molecule has 1 aromatic rings. The Morgan fingerprint density at radius 1 is 1.35 bits per heavy atom. The number of nitrogens with zero attached hydrogens (tertiary/aromatic N) is 2. The first-order valence-electron chi connectivity index (χ1n) is 6.80. The molecule has 0 spiro atoms. The van der Waals surface area contributed by atoms with E-state index in [-0.39, 0.29) is 24.9 Å². The summed E-state index contributed by atoms with van der Waals surface area (Å²) in [5, 5.41) is 8.73. The maximum atomic E-state index is 12.2. The molecule has 0 radical (unpaired) electrons. The van der Waals surface area contributed by atoms with Gasteiger partial charge in [0, 0.05) is 24.8 Å². The molecular weight excluding hydrogens is 256 g/mol. The maximum absolute atomic E-state index is 12.2. The number of piperazine rings is 1. The second-order valence-electron chi connectivity index (χ2n) is 5.30. The molecule has 0 bridgehead atoms. The summed E-state index contributed by atoms with van der Waals surface area (Å²) in [7, 11) is 0. The van der Waals surface area contributed by atoms with Gasteiger partial charge >= 0.3 is 5.97 Å².